The Morgan fingerprint density at radius 2 is 1.90 bits per heavy atom. The fraction of sp³-hybridized carbons (Fsp3) is 0.500. The van der Waals surface area contributed by atoms with E-state index >= 15 is 0 Å². The van der Waals surface area contributed by atoms with Crippen molar-refractivity contribution in [2.45, 2.75) is 45.8 Å². The molecule has 3 aliphatic rings. The number of fused-ring (bicyclic) bond motifs is 3. The van der Waals surface area contributed by atoms with E-state index in [2.05, 4.69) is 4.99 Å². The van der Waals surface area contributed by atoms with Crippen LogP contribution in [0.3, 0.4) is 0 Å². The molecule has 0 aliphatic carbocycles. The molecule has 9 heteroatoms. The van der Waals surface area contributed by atoms with Gasteiger partial charge in [-0.25, -0.2) is 14.0 Å². The van der Waals surface area contributed by atoms with Crippen molar-refractivity contribution in [3.05, 3.63) is 35.4 Å². The van der Waals surface area contributed by atoms with Crippen LogP contribution in [0.4, 0.5) is 20.6 Å². The molecule has 8 nitrogen and oxygen atoms in total. The Morgan fingerprint density at radius 3 is 2.55 bits per heavy atom. The molecule has 1 aromatic carbocycles. The Morgan fingerprint density at radius 1 is 1.23 bits per heavy atom. The lowest BCUT2D eigenvalue weighted by atomic mass is 9.90. The molecule has 0 spiro atoms. The van der Waals surface area contributed by atoms with Gasteiger partial charge in [-0.3, -0.25) is 4.90 Å². The topological polar surface area (TPSA) is 77.3 Å². The fourth-order valence-corrected chi connectivity index (χ4v) is 4.12. The van der Waals surface area contributed by atoms with Gasteiger partial charge in [-0.1, -0.05) is 0 Å². The number of ether oxygens (including phenoxy) is 2. The fourth-order valence-electron chi connectivity index (χ4n) is 4.12. The molecule has 3 heterocycles. The number of morpholine rings is 1. The van der Waals surface area contributed by atoms with Crippen LogP contribution in [0.2, 0.25) is 0 Å². The summed E-state index contributed by atoms with van der Waals surface area (Å²) >= 11 is 0. The maximum absolute atomic E-state index is 14.3. The van der Waals surface area contributed by atoms with Gasteiger partial charge in [0.05, 0.1) is 13.2 Å². The molecule has 2 amide bonds. The van der Waals surface area contributed by atoms with E-state index < -0.39 is 22.9 Å². The number of carbonyl (C=O) groups is 2. The number of anilines is 2. The van der Waals surface area contributed by atoms with Gasteiger partial charge in [-0.15, -0.1) is 0 Å². The SMILES string of the molecule is CC(C)(C)OC(=O)C1=C2[N+](C=N1)c1ccc(F)cc1N(C(=O)N1CCOCC1)C2(C)C. The second-order valence-electron chi connectivity index (χ2n) is 9.22. The molecule has 1 fully saturated rings. The highest BCUT2D eigenvalue weighted by molar-refractivity contribution is 6.04. The van der Waals surface area contributed by atoms with Gasteiger partial charge in [0.1, 0.15) is 22.6 Å². The monoisotopic (exact) mass is 430 g/mol. The first-order valence-electron chi connectivity index (χ1n) is 10.3. The van der Waals surface area contributed by atoms with Gasteiger partial charge in [-0.2, -0.15) is 4.99 Å². The van der Waals surface area contributed by atoms with Crippen LogP contribution >= 0.6 is 0 Å². The van der Waals surface area contributed by atoms with Gasteiger partial charge in [0, 0.05) is 25.2 Å². The van der Waals surface area contributed by atoms with Gasteiger partial charge in [0.2, 0.25) is 17.1 Å². The maximum atomic E-state index is 14.3. The first-order valence-corrected chi connectivity index (χ1v) is 10.3. The van der Waals surface area contributed by atoms with Crippen LogP contribution in [-0.2, 0) is 14.3 Å². The average molecular weight is 430 g/mol. The summed E-state index contributed by atoms with van der Waals surface area (Å²) in [6.07, 6.45) is 1.52. The van der Waals surface area contributed by atoms with Crippen molar-refractivity contribution >= 4 is 29.7 Å². The predicted molar refractivity (Wildman–Crippen MR) is 114 cm³/mol. The van der Waals surface area contributed by atoms with Crippen molar-refractivity contribution in [2.75, 3.05) is 31.2 Å². The molecule has 4 rings (SSSR count). The number of esters is 1. The minimum absolute atomic E-state index is 0.134. The minimum atomic E-state index is -1.00. The molecule has 0 bridgehead atoms. The van der Waals surface area contributed by atoms with Crippen molar-refractivity contribution in [1.82, 2.24) is 9.80 Å². The number of nitrogens with zero attached hydrogens (tertiary/aromatic N) is 4. The van der Waals surface area contributed by atoms with Crippen LogP contribution in [0.5, 0.6) is 0 Å². The lowest BCUT2D eigenvalue weighted by Crippen LogP contribution is -2.61. The standard InChI is InChI=1S/C22H27FN4O4/c1-21(2,3)31-19(28)17-18-22(4,5)27(20(29)25-8-10-30-11-9-25)16-12-14(23)6-7-15(16)26(18)13-24-17/h6-7,12-13H,8-11H2,1-5H3/q+1. The van der Waals surface area contributed by atoms with Crippen LogP contribution in [0.15, 0.2) is 34.6 Å². The van der Waals surface area contributed by atoms with E-state index in [1.165, 1.54) is 18.5 Å². The zero-order valence-electron chi connectivity index (χ0n) is 18.4. The lowest BCUT2D eigenvalue weighted by molar-refractivity contribution is -0.150. The molecule has 1 aromatic rings. The van der Waals surface area contributed by atoms with Gasteiger partial charge in [0.15, 0.2) is 0 Å². The highest BCUT2D eigenvalue weighted by atomic mass is 19.1. The van der Waals surface area contributed by atoms with Crippen molar-refractivity contribution in [2.24, 2.45) is 4.99 Å². The Balaban J connectivity index is 1.85. The number of urea groups is 1. The number of hydrogen-bond acceptors (Lipinski definition) is 6. The molecule has 0 atom stereocenters. The van der Waals surface area contributed by atoms with E-state index in [4.69, 9.17) is 9.47 Å². The summed E-state index contributed by atoms with van der Waals surface area (Å²) in [6, 6.07) is 3.98. The van der Waals surface area contributed by atoms with Crippen molar-refractivity contribution in [1.29, 1.82) is 0 Å². The van der Waals surface area contributed by atoms with E-state index in [9.17, 15) is 14.0 Å². The van der Waals surface area contributed by atoms with Gasteiger partial charge >= 0.3 is 12.0 Å². The van der Waals surface area contributed by atoms with E-state index in [1.807, 2.05) is 13.8 Å². The summed E-state index contributed by atoms with van der Waals surface area (Å²) in [5.41, 5.74) is -0.0609. The lowest BCUT2D eigenvalue weighted by Gasteiger charge is -2.44. The van der Waals surface area contributed by atoms with E-state index in [0.717, 1.165) is 0 Å². The molecule has 0 unspecified atom stereocenters. The third-order valence-corrected chi connectivity index (χ3v) is 5.41. The normalized spacial score (nSPS) is 20.6. The molecule has 0 N–H and O–H groups in total. The number of rotatable bonds is 1. The molecule has 165 valence electrons. The zero-order chi connectivity index (χ0) is 22.6. The smallest absolute Gasteiger partial charge is 0.363 e. The first-order chi connectivity index (χ1) is 14.5. The molecule has 1 radical (unpaired) electrons. The highest BCUT2D eigenvalue weighted by Crippen LogP contribution is 2.48. The Hall–Kier alpha value is -2.78. The number of amides is 2. The summed E-state index contributed by atoms with van der Waals surface area (Å²) in [6.45, 7) is 10.7. The molecular formula is C22H27FN4O4+. The number of hydrogen-bond donors (Lipinski definition) is 0. The molecule has 1 saturated heterocycles. The molecule has 0 saturated carbocycles. The van der Waals surface area contributed by atoms with Crippen LogP contribution in [0.25, 0.3) is 0 Å². The second-order valence-corrected chi connectivity index (χ2v) is 9.22. The number of benzene rings is 1. The van der Waals surface area contributed by atoms with E-state index in [0.29, 0.717) is 43.4 Å². The van der Waals surface area contributed by atoms with Crippen LogP contribution in [0, 0.1) is 5.82 Å². The second kappa shape index (κ2) is 7.42. The Labute approximate surface area is 180 Å². The quantitative estimate of drug-likeness (QED) is 0.506. The zero-order valence-corrected chi connectivity index (χ0v) is 18.4. The summed E-state index contributed by atoms with van der Waals surface area (Å²) < 4.78 is 25.2. The summed E-state index contributed by atoms with van der Waals surface area (Å²) in [5.74, 6) is -1.02. The van der Waals surface area contributed by atoms with Crippen LogP contribution in [-0.4, -0.2) is 60.7 Å². The first kappa shape index (κ1) is 21.5. The molecule has 0 aromatic heterocycles. The van der Waals surface area contributed by atoms with Crippen molar-refractivity contribution < 1.29 is 23.5 Å². The minimum Gasteiger partial charge on any atom is -0.455 e. The molecule has 31 heavy (non-hydrogen) atoms. The molecular weight excluding hydrogens is 403 g/mol. The largest absolute Gasteiger partial charge is 0.455 e. The third kappa shape index (κ3) is 3.72. The molecule has 3 aliphatic heterocycles. The number of aliphatic imine (C=N–C) groups is 1. The van der Waals surface area contributed by atoms with Crippen molar-refractivity contribution in [3.63, 3.8) is 0 Å². The van der Waals surface area contributed by atoms with E-state index in [-0.39, 0.29) is 11.7 Å². The Bertz CT molecular complexity index is 990. The number of carbonyl (C=O) groups excluding carboxylic acids is 2. The predicted octanol–water partition coefficient (Wildman–Crippen LogP) is 3.24. The van der Waals surface area contributed by atoms with Crippen molar-refractivity contribution in [3.8, 4) is 0 Å². The van der Waals surface area contributed by atoms with Gasteiger partial charge in [0.25, 0.3) is 6.34 Å². The van der Waals surface area contributed by atoms with E-state index in [1.54, 1.807) is 41.5 Å². The Kier molecular flexibility index (Phi) is 5.13. The van der Waals surface area contributed by atoms with Crippen LogP contribution < -0.4 is 9.80 Å². The number of halogens is 1. The van der Waals surface area contributed by atoms with Gasteiger partial charge in [-0.05, 0) is 45.6 Å². The van der Waals surface area contributed by atoms with Gasteiger partial charge < -0.3 is 14.4 Å². The maximum Gasteiger partial charge on any atom is 0.363 e. The summed E-state index contributed by atoms with van der Waals surface area (Å²) in [4.78, 5) is 35.8. The summed E-state index contributed by atoms with van der Waals surface area (Å²) in [5, 5.41) is 0. The summed E-state index contributed by atoms with van der Waals surface area (Å²) in [7, 11) is 0. The highest BCUT2D eigenvalue weighted by Gasteiger charge is 2.57. The average Bonchev–Trinajstić information content (AvgIpc) is 3.13. The third-order valence-electron chi connectivity index (χ3n) is 5.41. The van der Waals surface area contributed by atoms with Crippen LogP contribution in [0.1, 0.15) is 34.6 Å².